The summed E-state index contributed by atoms with van der Waals surface area (Å²) < 4.78 is 5.95. The molecule has 3 N–H and O–H groups in total. The molecular weight excluding hydrogens is 534 g/mol. The van der Waals surface area contributed by atoms with Crippen molar-refractivity contribution in [2.24, 2.45) is 0 Å². The molecule has 4 heterocycles. The first-order valence-electron chi connectivity index (χ1n) is 13.7. The number of carbonyl (C=O) groups is 4. The number of anilines is 1. The zero-order chi connectivity index (χ0) is 28.0. The first-order chi connectivity index (χ1) is 19.2. The minimum absolute atomic E-state index is 0.211. The number of hydrogen-bond donors (Lipinski definition) is 3. The highest BCUT2D eigenvalue weighted by Crippen LogP contribution is 2.31. The van der Waals surface area contributed by atoms with Crippen LogP contribution in [0.5, 0.6) is 0 Å². The van der Waals surface area contributed by atoms with Crippen molar-refractivity contribution in [1.29, 1.82) is 0 Å². The normalized spacial score (nSPS) is 24.2. The van der Waals surface area contributed by atoms with E-state index in [1.807, 2.05) is 25.1 Å². The number of ether oxygens (including phenoxy) is 1. The van der Waals surface area contributed by atoms with Gasteiger partial charge in [0.25, 0.3) is 5.91 Å². The second kappa shape index (κ2) is 10.8. The second-order valence-corrected chi connectivity index (χ2v) is 11.5. The Bertz CT molecular complexity index is 1390. The van der Waals surface area contributed by atoms with Gasteiger partial charge in [-0.3, -0.25) is 24.6 Å². The number of fused-ring (bicyclic) bond motifs is 3. The number of carbonyl (C=O) groups excluding carboxylic acids is 4. The van der Waals surface area contributed by atoms with Gasteiger partial charge in [0, 0.05) is 55.4 Å². The monoisotopic (exact) mass is 565 g/mol. The fourth-order valence-electron chi connectivity index (χ4n) is 6.11. The number of halogens is 1. The van der Waals surface area contributed by atoms with Crippen LogP contribution in [0.1, 0.15) is 58.3 Å². The first-order valence-corrected chi connectivity index (χ1v) is 14.1. The molecule has 2 bridgehead atoms. The second-order valence-electron chi connectivity index (χ2n) is 11.1. The van der Waals surface area contributed by atoms with Crippen molar-refractivity contribution in [3.8, 4) is 0 Å². The largest absolute Gasteiger partial charge is 0.372 e. The number of rotatable bonds is 6. The van der Waals surface area contributed by atoms with Crippen molar-refractivity contribution < 1.29 is 23.9 Å². The fourth-order valence-corrected chi connectivity index (χ4v) is 6.35. The molecule has 3 saturated heterocycles. The molecule has 6 rings (SSSR count). The van der Waals surface area contributed by atoms with E-state index in [-0.39, 0.29) is 30.8 Å². The van der Waals surface area contributed by atoms with Crippen LogP contribution in [0.3, 0.4) is 0 Å². The van der Waals surface area contributed by atoms with Crippen LogP contribution in [-0.2, 0) is 34.0 Å². The molecule has 3 fully saturated rings. The van der Waals surface area contributed by atoms with E-state index in [4.69, 9.17) is 16.3 Å². The zero-order valence-corrected chi connectivity index (χ0v) is 23.1. The number of hydrogen-bond acceptors (Lipinski definition) is 6. The Kier molecular flexibility index (Phi) is 7.24. The smallest absolute Gasteiger partial charge is 0.319 e. The van der Waals surface area contributed by atoms with Crippen LogP contribution in [0.25, 0.3) is 0 Å². The molecule has 3 unspecified atom stereocenters. The van der Waals surface area contributed by atoms with E-state index in [0.717, 1.165) is 54.7 Å². The molecule has 11 heteroatoms. The number of amides is 5. The Labute approximate surface area is 237 Å². The van der Waals surface area contributed by atoms with Crippen LogP contribution in [0.2, 0.25) is 5.02 Å². The van der Waals surface area contributed by atoms with Crippen molar-refractivity contribution in [2.45, 2.75) is 70.5 Å². The maximum atomic E-state index is 13.1. The Hall–Kier alpha value is -3.47. The minimum Gasteiger partial charge on any atom is -0.372 e. The third-order valence-electron chi connectivity index (χ3n) is 8.27. The van der Waals surface area contributed by atoms with Gasteiger partial charge in [0.15, 0.2) is 0 Å². The SMILES string of the molecule is Cc1c(Cl)cc(NC(=O)NCc2ccc3c(c2)C(=O)N(C2CCC(=O)NC2=O)C3)cc1CN1CC2CCC(C1)O2. The van der Waals surface area contributed by atoms with Crippen molar-refractivity contribution in [3.05, 3.63) is 63.2 Å². The topological polar surface area (TPSA) is 120 Å². The van der Waals surface area contributed by atoms with Gasteiger partial charge in [-0.15, -0.1) is 0 Å². The molecule has 4 aliphatic rings. The molecule has 210 valence electrons. The van der Waals surface area contributed by atoms with Crippen LogP contribution in [0.4, 0.5) is 10.5 Å². The van der Waals surface area contributed by atoms with Crippen LogP contribution in [0, 0.1) is 6.92 Å². The molecule has 0 aliphatic carbocycles. The summed E-state index contributed by atoms with van der Waals surface area (Å²) in [6, 6.07) is 8.13. The summed E-state index contributed by atoms with van der Waals surface area (Å²) in [5.41, 5.74) is 4.77. The van der Waals surface area contributed by atoms with E-state index in [9.17, 15) is 19.2 Å². The molecule has 0 saturated carbocycles. The maximum absolute atomic E-state index is 13.1. The standard InChI is InChI=1S/C29H32ClN5O5/c1-16-19(12-34-14-21-4-5-22(15-34)40-21)9-20(10-24(16)30)32-29(39)31-11-17-2-3-18-13-35(28(38)23(18)8-17)25-6-7-26(36)33-27(25)37/h2-3,8-10,21-22,25H,4-7,11-15H2,1H3,(H2,31,32,39)(H,33,36,37). The molecule has 2 aromatic carbocycles. The first kappa shape index (κ1) is 26.7. The molecular formula is C29H32ClN5O5. The molecule has 3 atom stereocenters. The number of piperidine rings is 1. The molecule has 5 amide bonds. The van der Waals surface area contributed by atoms with Crippen LogP contribution in [0.15, 0.2) is 30.3 Å². The quantitative estimate of drug-likeness (QED) is 0.463. The van der Waals surface area contributed by atoms with Crippen molar-refractivity contribution in [1.82, 2.24) is 20.4 Å². The minimum atomic E-state index is -0.658. The van der Waals surface area contributed by atoms with Crippen LogP contribution in [-0.4, -0.2) is 64.9 Å². The summed E-state index contributed by atoms with van der Waals surface area (Å²) in [5, 5.41) is 8.64. The van der Waals surface area contributed by atoms with E-state index in [1.54, 1.807) is 12.1 Å². The van der Waals surface area contributed by atoms with Crippen LogP contribution < -0.4 is 16.0 Å². The highest BCUT2D eigenvalue weighted by atomic mass is 35.5. The summed E-state index contributed by atoms with van der Waals surface area (Å²) in [6.45, 7) is 5.08. The van der Waals surface area contributed by atoms with Gasteiger partial charge in [-0.05, 0) is 66.6 Å². The third kappa shape index (κ3) is 5.43. The number of imide groups is 1. The number of morpholine rings is 1. The Morgan fingerprint density at radius 3 is 2.62 bits per heavy atom. The summed E-state index contributed by atoms with van der Waals surface area (Å²) in [6.07, 6.45) is 3.35. The predicted octanol–water partition coefficient (Wildman–Crippen LogP) is 3.09. The number of urea groups is 1. The van der Waals surface area contributed by atoms with Crippen molar-refractivity contribution in [2.75, 3.05) is 18.4 Å². The van der Waals surface area contributed by atoms with Gasteiger partial charge < -0.3 is 20.3 Å². The van der Waals surface area contributed by atoms with E-state index in [1.165, 1.54) is 4.90 Å². The lowest BCUT2D eigenvalue weighted by Gasteiger charge is -2.32. The number of nitrogens with zero attached hydrogens (tertiary/aromatic N) is 2. The van der Waals surface area contributed by atoms with E-state index in [0.29, 0.717) is 41.4 Å². The maximum Gasteiger partial charge on any atom is 0.319 e. The predicted molar refractivity (Wildman–Crippen MR) is 148 cm³/mol. The lowest BCUT2D eigenvalue weighted by molar-refractivity contribution is -0.136. The summed E-state index contributed by atoms with van der Waals surface area (Å²) in [5.74, 6) is -0.997. The number of nitrogens with one attached hydrogen (secondary N) is 3. The lowest BCUT2D eigenvalue weighted by atomic mass is 10.0. The van der Waals surface area contributed by atoms with Gasteiger partial charge in [0.05, 0.1) is 12.2 Å². The molecule has 10 nitrogen and oxygen atoms in total. The summed E-state index contributed by atoms with van der Waals surface area (Å²) >= 11 is 6.52. The van der Waals surface area contributed by atoms with Gasteiger partial charge >= 0.3 is 6.03 Å². The van der Waals surface area contributed by atoms with Gasteiger partial charge in [-0.1, -0.05) is 23.7 Å². The fraction of sp³-hybridized carbons (Fsp3) is 0.448. The highest BCUT2D eigenvalue weighted by molar-refractivity contribution is 6.31. The Morgan fingerprint density at radius 1 is 1.10 bits per heavy atom. The summed E-state index contributed by atoms with van der Waals surface area (Å²) in [7, 11) is 0. The summed E-state index contributed by atoms with van der Waals surface area (Å²) in [4.78, 5) is 53.5. The van der Waals surface area contributed by atoms with Crippen LogP contribution >= 0.6 is 11.6 Å². The third-order valence-corrected chi connectivity index (χ3v) is 8.66. The lowest BCUT2D eigenvalue weighted by Crippen LogP contribution is -2.52. The van der Waals surface area contributed by atoms with E-state index in [2.05, 4.69) is 20.9 Å². The average molecular weight is 566 g/mol. The Balaban J connectivity index is 1.06. The van der Waals surface area contributed by atoms with Gasteiger partial charge in [-0.2, -0.15) is 0 Å². The molecule has 40 heavy (non-hydrogen) atoms. The van der Waals surface area contributed by atoms with Gasteiger partial charge in [-0.25, -0.2) is 4.79 Å². The van der Waals surface area contributed by atoms with E-state index >= 15 is 0 Å². The molecule has 0 aromatic heterocycles. The average Bonchev–Trinajstić information content (AvgIpc) is 3.43. The molecule has 2 aromatic rings. The van der Waals surface area contributed by atoms with Crippen molar-refractivity contribution in [3.63, 3.8) is 0 Å². The number of likely N-dealkylation sites (tertiary alicyclic amines) is 1. The Morgan fingerprint density at radius 2 is 1.88 bits per heavy atom. The van der Waals surface area contributed by atoms with Gasteiger partial charge in [0.2, 0.25) is 11.8 Å². The zero-order valence-electron chi connectivity index (χ0n) is 22.3. The molecule has 0 radical (unpaired) electrons. The van der Waals surface area contributed by atoms with Gasteiger partial charge in [0.1, 0.15) is 6.04 Å². The number of benzene rings is 2. The van der Waals surface area contributed by atoms with E-state index < -0.39 is 11.9 Å². The van der Waals surface area contributed by atoms with Crippen molar-refractivity contribution >= 4 is 41.0 Å². The molecule has 4 aliphatic heterocycles. The highest BCUT2D eigenvalue weighted by Gasteiger charge is 2.39. The molecule has 0 spiro atoms.